The number of rotatable bonds is 5. The summed E-state index contributed by atoms with van der Waals surface area (Å²) in [5.41, 5.74) is 6.48. The number of nitrogens with zero attached hydrogens (tertiary/aromatic N) is 3. The molecule has 2 heterocycles. The minimum Gasteiger partial charge on any atom is -0.299 e. The van der Waals surface area contributed by atoms with Gasteiger partial charge in [-0.15, -0.1) is 16.9 Å². The molecule has 5 rings (SSSR count). The maximum Gasteiger partial charge on any atom is 0.140 e. The third-order valence-corrected chi connectivity index (χ3v) is 6.52. The number of aromatic nitrogens is 1. The molecule has 0 saturated heterocycles. The van der Waals surface area contributed by atoms with Crippen LogP contribution in [0.2, 0.25) is 0 Å². The van der Waals surface area contributed by atoms with Crippen LogP contribution in [0, 0.1) is 0 Å². The molecule has 5 heteroatoms. The molecule has 0 spiro atoms. The van der Waals surface area contributed by atoms with Crippen LogP contribution in [0.25, 0.3) is 33.0 Å². The number of Topliss-reactive ketones (excluding diaryl/α,β-unsaturated/α-hetero) is 1. The van der Waals surface area contributed by atoms with E-state index in [4.69, 9.17) is 0 Å². The Morgan fingerprint density at radius 2 is 1.50 bits per heavy atom. The molecule has 0 amide bonds. The minimum atomic E-state index is 0.143. The molecule has 0 saturated carbocycles. The molecule has 0 N–H and O–H groups in total. The van der Waals surface area contributed by atoms with Crippen molar-refractivity contribution in [2.45, 2.75) is 13.3 Å². The van der Waals surface area contributed by atoms with E-state index in [0.29, 0.717) is 12.2 Å². The van der Waals surface area contributed by atoms with Crippen molar-refractivity contribution in [3.63, 3.8) is 0 Å². The van der Waals surface area contributed by atoms with Gasteiger partial charge in [0.25, 0.3) is 0 Å². The van der Waals surface area contributed by atoms with Gasteiger partial charge in [-0.3, -0.25) is 9.78 Å². The zero-order chi connectivity index (χ0) is 21.9. The monoisotopic (exact) mass is 435 g/mol. The summed E-state index contributed by atoms with van der Waals surface area (Å²) in [6.07, 6.45) is 4.27. The quantitative estimate of drug-likeness (QED) is 0.365. The highest BCUT2D eigenvalue weighted by Gasteiger charge is 2.17. The lowest BCUT2D eigenvalue weighted by atomic mass is 9.93. The standard InChI is InChI=1S/C27H21N3OS/c1-18(31)17-32-27-16-26(29-30-27)25-14-23(20-8-10-28-11-9-20)13-24(15-25)22-7-6-19-4-2-3-5-21(19)12-22/h2-15H,16-17H2,1H3. The average Bonchev–Trinajstić information content (AvgIpc) is 3.32. The number of pyridine rings is 1. The molecule has 4 aromatic rings. The fourth-order valence-electron chi connectivity index (χ4n) is 3.80. The van der Waals surface area contributed by atoms with Gasteiger partial charge in [-0.1, -0.05) is 36.4 Å². The van der Waals surface area contributed by atoms with Gasteiger partial charge in [0, 0.05) is 18.8 Å². The number of thioether (sulfide) groups is 1. The molecule has 32 heavy (non-hydrogen) atoms. The zero-order valence-corrected chi connectivity index (χ0v) is 18.5. The van der Waals surface area contributed by atoms with Gasteiger partial charge < -0.3 is 0 Å². The van der Waals surface area contributed by atoms with Crippen LogP contribution in [0.4, 0.5) is 0 Å². The molecule has 0 unspecified atom stereocenters. The summed E-state index contributed by atoms with van der Waals surface area (Å²) in [7, 11) is 0. The fraction of sp³-hybridized carbons (Fsp3) is 0.111. The van der Waals surface area contributed by atoms with Crippen molar-refractivity contribution in [2.24, 2.45) is 10.2 Å². The van der Waals surface area contributed by atoms with Crippen molar-refractivity contribution in [3.8, 4) is 22.3 Å². The van der Waals surface area contributed by atoms with E-state index in [1.807, 2.05) is 24.5 Å². The Bertz CT molecular complexity index is 1380. The Morgan fingerprint density at radius 3 is 2.28 bits per heavy atom. The van der Waals surface area contributed by atoms with E-state index in [1.54, 1.807) is 6.92 Å². The average molecular weight is 436 g/mol. The Labute approximate surface area is 191 Å². The molecule has 1 aliphatic heterocycles. The topological polar surface area (TPSA) is 54.7 Å². The molecule has 156 valence electrons. The van der Waals surface area contributed by atoms with Gasteiger partial charge in [0.05, 0.1) is 11.5 Å². The maximum atomic E-state index is 11.3. The van der Waals surface area contributed by atoms with Crippen LogP contribution in [0.5, 0.6) is 0 Å². The second-order valence-electron chi connectivity index (χ2n) is 7.80. The minimum absolute atomic E-state index is 0.143. The summed E-state index contributed by atoms with van der Waals surface area (Å²) in [6, 6.07) is 25.5. The van der Waals surface area contributed by atoms with Crippen molar-refractivity contribution in [1.82, 2.24) is 4.98 Å². The van der Waals surface area contributed by atoms with E-state index >= 15 is 0 Å². The summed E-state index contributed by atoms with van der Waals surface area (Å²) in [5, 5.41) is 12.1. The third kappa shape index (κ3) is 4.39. The first-order valence-electron chi connectivity index (χ1n) is 10.5. The van der Waals surface area contributed by atoms with Crippen LogP contribution in [-0.4, -0.2) is 27.3 Å². The van der Waals surface area contributed by atoms with Crippen molar-refractivity contribution < 1.29 is 4.79 Å². The number of hydrogen-bond acceptors (Lipinski definition) is 5. The summed E-state index contributed by atoms with van der Waals surface area (Å²) in [5.74, 6) is 0.575. The highest BCUT2D eigenvalue weighted by Crippen LogP contribution is 2.32. The lowest BCUT2D eigenvalue weighted by molar-refractivity contribution is -0.114. The molecular formula is C27H21N3OS. The highest BCUT2D eigenvalue weighted by atomic mass is 32.2. The largest absolute Gasteiger partial charge is 0.299 e. The van der Waals surface area contributed by atoms with Gasteiger partial charge in [-0.05, 0) is 81.9 Å². The van der Waals surface area contributed by atoms with Crippen molar-refractivity contribution >= 4 is 39.1 Å². The van der Waals surface area contributed by atoms with Gasteiger partial charge in [0.1, 0.15) is 10.8 Å². The first kappa shape index (κ1) is 20.3. The van der Waals surface area contributed by atoms with Gasteiger partial charge >= 0.3 is 0 Å². The summed E-state index contributed by atoms with van der Waals surface area (Å²) in [6.45, 7) is 1.60. The predicted molar refractivity (Wildman–Crippen MR) is 134 cm³/mol. The molecule has 3 aromatic carbocycles. The molecule has 0 fully saturated rings. The van der Waals surface area contributed by atoms with E-state index in [1.165, 1.54) is 22.5 Å². The Kier molecular flexibility index (Phi) is 5.65. The molecule has 1 aromatic heterocycles. The first-order chi connectivity index (χ1) is 15.7. The smallest absolute Gasteiger partial charge is 0.140 e. The normalized spacial score (nSPS) is 13.2. The highest BCUT2D eigenvalue weighted by molar-refractivity contribution is 8.14. The summed E-state index contributed by atoms with van der Waals surface area (Å²) in [4.78, 5) is 15.5. The predicted octanol–water partition coefficient (Wildman–Crippen LogP) is 6.40. The van der Waals surface area contributed by atoms with E-state index in [-0.39, 0.29) is 5.78 Å². The second-order valence-corrected chi connectivity index (χ2v) is 8.85. The number of benzene rings is 3. The number of hydrogen-bond donors (Lipinski definition) is 0. The van der Waals surface area contributed by atoms with Crippen LogP contribution in [0.1, 0.15) is 18.9 Å². The van der Waals surface area contributed by atoms with Gasteiger partial charge in [0.2, 0.25) is 0 Å². The second kappa shape index (κ2) is 8.89. The van der Waals surface area contributed by atoms with Crippen LogP contribution in [-0.2, 0) is 4.79 Å². The van der Waals surface area contributed by atoms with E-state index < -0.39 is 0 Å². The lowest BCUT2D eigenvalue weighted by Crippen LogP contribution is -2.04. The molecule has 0 aliphatic carbocycles. The summed E-state index contributed by atoms with van der Waals surface area (Å²) >= 11 is 1.47. The number of fused-ring (bicyclic) bond motifs is 1. The number of carbonyl (C=O) groups is 1. The van der Waals surface area contributed by atoms with E-state index in [9.17, 15) is 4.79 Å². The van der Waals surface area contributed by atoms with Crippen molar-refractivity contribution in [3.05, 3.63) is 90.8 Å². The maximum absolute atomic E-state index is 11.3. The van der Waals surface area contributed by atoms with Crippen LogP contribution >= 0.6 is 11.8 Å². The summed E-state index contributed by atoms with van der Waals surface area (Å²) < 4.78 is 0. The zero-order valence-electron chi connectivity index (χ0n) is 17.7. The van der Waals surface area contributed by atoms with E-state index in [2.05, 4.69) is 75.9 Å². The number of ketones is 1. The Morgan fingerprint density at radius 1 is 0.781 bits per heavy atom. The van der Waals surface area contributed by atoms with Crippen LogP contribution in [0.15, 0.2) is 95.4 Å². The third-order valence-electron chi connectivity index (χ3n) is 5.41. The molecule has 0 bridgehead atoms. The SMILES string of the molecule is CC(=O)CSC1=NN=C(c2cc(-c3ccncc3)cc(-c3ccc4ccccc4c3)c2)C1. The van der Waals surface area contributed by atoms with Crippen LogP contribution < -0.4 is 0 Å². The van der Waals surface area contributed by atoms with Crippen LogP contribution in [0.3, 0.4) is 0 Å². The van der Waals surface area contributed by atoms with Gasteiger partial charge in [0.15, 0.2) is 0 Å². The van der Waals surface area contributed by atoms with E-state index in [0.717, 1.165) is 38.6 Å². The van der Waals surface area contributed by atoms with Crippen molar-refractivity contribution in [1.29, 1.82) is 0 Å². The molecule has 4 nitrogen and oxygen atoms in total. The molecular weight excluding hydrogens is 414 g/mol. The Balaban J connectivity index is 1.54. The fourth-order valence-corrected chi connectivity index (χ4v) is 4.50. The molecule has 1 aliphatic rings. The van der Waals surface area contributed by atoms with Crippen molar-refractivity contribution in [2.75, 3.05) is 5.75 Å². The lowest BCUT2D eigenvalue weighted by Gasteiger charge is -2.11. The Hall–Kier alpha value is -3.57. The van der Waals surface area contributed by atoms with Gasteiger partial charge in [-0.2, -0.15) is 5.10 Å². The first-order valence-corrected chi connectivity index (χ1v) is 11.4. The molecule has 0 radical (unpaired) electrons. The molecule has 0 atom stereocenters. The number of carbonyl (C=O) groups excluding carboxylic acids is 1. The van der Waals surface area contributed by atoms with Gasteiger partial charge in [-0.25, -0.2) is 0 Å².